The maximum Gasteiger partial charge on any atom is 0.0744 e. The number of H-pyrrole nitrogens is 1. The van der Waals surface area contributed by atoms with Gasteiger partial charge in [-0.25, -0.2) is 4.98 Å². The van der Waals surface area contributed by atoms with Gasteiger partial charge >= 0.3 is 0 Å². The second-order valence-corrected chi connectivity index (χ2v) is 7.14. The van der Waals surface area contributed by atoms with Crippen LogP contribution in [0.5, 0.6) is 0 Å². The lowest BCUT2D eigenvalue weighted by molar-refractivity contribution is 0.913. The number of hydrogen-bond donors (Lipinski definition) is 4. The van der Waals surface area contributed by atoms with E-state index < -0.39 is 0 Å². The average Bonchev–Trinajstić information content (AvgIpc) is 3.21. The molecular formula is C22H27N5S. The number of aryl methyl sites for hydroxylation is 1. The summed E-state index contributed by atoms with van der Waals surface area (Å²) in [6, 6.07) is 10.3. The largest absolute Gasteiger partial charge is 0.398 e. The van der Waals surface area contributed by atoms with E-state index >= 15 is 0 Å². The number of nitrogens with one attached hydrogen (secondary N) is 2. The van der Waals surface area contributed by atoms with Gasteiger partial charge in [-0.3, -0.25) is 0 Å². The molecule has 2 aromatic carbocycles. The number of fused-ring (bicyclic) bond motifs is 4. The third kappa shape index (κ3) is 3.19. The smallest absolute Gasteiger partial charge is 0.0744 e. The van der Waals surface area contributed by atoms with E-state index in [-0.39, 0.29) is 0 Å². The minimum atomic E-state index is 0.657. The summed E-state index contributed by atoms with van der Waals surface area (Å²) >= 11 is 1.66. The van der Waals surface area contributed by atoms with Crippen LogP contribution in [0.15, 0.2) is 30.3 Å². The van der Waals surface area contributed by atoms with Crippen LogP contribution in [-0.4, -0.2) is 22.6 Å². The van der Waals surface area contributed by atoms with Crippen molar-refractivity contribution in [1.82, 2.24) is 9.36 Å². The van der Waals surface area contributed by atoms with Gasteiger partial charge in [-0.05, 0) is 61.7 Å². The zero-order valence-corrected chi connectivity index (χ0v) is 17.4. The highest BCUT2D eigenvalue weighted by atomic mass is 32.1. The first-order valence-electron chi connectivity index (χ1n) is 9.65. The summed E-state index contributed by atoms with van der Waals surface area (Å²) in [5.41, 5.74) is 19.1. The van der Waals surface area contributed by atoms with Gasteiger partial charge in [-0.2, -0.15) is 0 Å². The van der Waals surface area contributed by atoms with Crippen LogP contribution in [0.2, 0.25) is 0 Å². The Balaban J connectivity index is 0.000000531. The van der Waals surface area contributed by atoms with Crippen molar-refractivity contribution in [3.8, 4) is 11.3 Å². The third-order valence-electron chi connectivity index (χ3n) is 4.97. The Morgan fingerprint density at radius 3 is 2.50 bits per heavy atom. The Kier molecular flexibility index (Phi) is 6.11. The number of aromatic nitrogens is 2. The van der Waals surface area contributed by atoms with E-state index in [4.69, 9.17) is 16.1 Å². The number of nitrogen functional groups attached to an aromatic ring is 1. The summed E-state index contributed by atoms with van der Waals surface area (Å²) < 4.78 is 4.50. The molecule has 0 amide bonds. The topological polar surface area (TPSA) is 105 Å². The molecule has 28 heavy (non-hydrogen) atoms. The number of benzene rings is 2. The molecule has 0 atom stereocenters. The third-order valence-corrected chi connectivity index (χ3v) is 5.84. The molecule has 4 aromatic rings. The Labute approximate surface area is 169 Å². The van der Waals surface area contributed by atoms with Crippen molar-refractivity contribution in [2.45, 2.75) is 33.1 Å². The van der Waals surface area contributed by atoms with Crippen molar-refractivity contribution in [2.75, 3.05) is 12.8 Å². The number of pyridine rings is 1. The predicted octanol–water partition coefficient (Wildman–Crippen LogP) is 5.11. The zero-order valence-electron chi connectivity index (χ0n) is 16.6. The molecule has 0 bridgehead atoms. The van der Waals surface area contributed by atoms with Gasteiger partial charge in [0.2, 0.25) is 0 Å². The van der Waals surface area contributed by atoms with Crippen molar-refractivity contribution in [1.29, 1.82) is 5.41 Å². The molecule has 2 heterocycles. The van der Waals surface area contributed by atoms with Crippen LogP contribution < -0.4 is 11.5 Å². The molecule has 1 aliphatic rings. The maximum absolute atomic E-state index is 7.76. The molecule has 6 heteroatoms. The SMILES string of the molecule is CC.CN.N=Cc1c(N)ccc2nc(-c3ccc4[nH]sc4c3)c3c(c12)CCC3. The van der Waals surface area contributed by atoms with Gasteiger partial charge in [-0.15, -0.1) is 0 Å². The highest BCUT2D eigenvalue weighted by Crippen LogP contribution is 2.39. The standard InChI is InChI=1S/C19H16N4S.C2H6.CH5N/c20-9-13-14(21)5-7-16-18(13)11-2-1-3-12(11)19(22-16)10-4-6-15-17(8-10)24-23-15;2*1-2/h4-9,20,23H,1-3,21H2;1-2H3;2H2,1H3. The first-order valence-corrected chi connectivity index (χ1v) is 10.5. The average molecular weight is 394 g/mol. The number of anilines is 1. The van der Waals surface area contributed by atoms with Crippen LogP contribution in [0.1, 0.15) is 37.0 Å². The van der Waals surface area contributed by atoms with Crippen LogP contribution in [0.3, 0.4) is 0 Å². The van der Waals surface area contributed by atoms with Gasteiger partial charge in [0, 0.05) is 28.4 Å². The number of nitrogens with zero attached hydrogens (tertiary/aromatic N) is 1. The second-order valence-electron chi connectivity index (χ2n) is 6.29. The van der Waals surface area contributed by atoms with Crippen LogP contribution in [0.4, 0.5) is 5.69 Å². The highest BCUT2D eigenvalue weighted by Gasteiger charge is 2.23. The predicted molar refractivity (Wildman–Crippen MR) is 123 cm³/mol. The molecule has 1 aliphatic carbocycles. The molecule has 0 fully saturated rings. The van der Waals surface area contributed by atoms with E-state index in [1.54, 1.807) is 11.5 Å². The molecule has 2 aromatic heterocycles. The minimum absolute atomic E-state index is 0.657. The summed E-state index contributed by atoms with van der Waals surface area (Å²) in [6.45, 7) is 4.00. The van der Waals surface area contributed by atoms with E-state index in [1.807, 2.05) is 26.0 Å². The van der Waals surface area contributed by atoms with Crippen LogP contribution in [0, 0.1) is 5.41 Å². The first kappa shape index (κ1) is 20.0. The number of aromatic amines is 1. The summed E-state index contributed by atoms with van der Waals surface area (Å²) in [7, 11) is 1.50. The zero-order chi connectivity index (χ0) is 20.3. The molecule has 6 N–H and O–H groups in total. The maximum atomic E-state index is 7.76. The summed E-state index contributed by atoms with van der Waals surface area (Å²) in [5.74, 6) is 0. The van der Waals surface area contributed by atoms with E-state index in [1.165, 1.54) is 40.2 Å². The van der Waals surface area contributed by atoms with E-state index in [0.717, 1.165) is 41.4 Å². The second kappa shape index (κ2) is 8.54. The molecule has 0 saturated heterocycles. The molecule has 5 rings (SSSR count). The van der Waals surface area contributed by atoms with Crippen LogP contribution in [-0.2, 0) is 12.8 Å². The molecule has 146 valence electrons. The van der Waals surface area contributed by atoms with Gasteiger partial charge in [-0.1, -0.05) is 31.4 Å². The van der Waals surface area contributed by atoms with E-state index in [2.05, 4.69) is 28.3 Å². The van der Waals surface area contributed by atoms with Crippen LogP contribution >= 0.6 is 11.5 Å². The number of nitrogens with two attached hydrogens (primary N) is 2. The summed E-state index contributed by atoms with van der Waals surface area (Å²) in [5, 5.41) is 8.83. The van der Waals surface area contributed by atoms with Crippen molar-refractivity contribution in [2.24, 2.45) is 5.73 Å². The molecule has 0 unspecified atom stereocenters. The molecule has 5 nitrogen and oxygen atoms in total. The molecular weight excluding hydrogens is 366 g/mol. The lowest BCUT2D eigenvalue weighted by Crippen LogP contribution is -2.01. The van der Waals surface area contributed by atoms with E-state index in [9.17, 15) is 0 Å². The first-order chi connectivity index (χ1) is 13.8. The highest BCUT2D eigenvalue weighted by molar-refractivity contribution is 7.15. The van der Waals surface area contributed by atoms with Gasteiger partial charge in [0.25, 0.3) is 0 Å². The van der Waals surface area contributed by atoms with Crippen molar-refractivity contribution in [3.63, 3.8) is 0 Å². The lowest BCUT2D eigenvalue weighted by atomic mass is 9.95. The van der Waals surface area contributed by atoms with Gasteiger partial charge in [0.05, 0.1) is 21.4 Å². The molecule has 0 saturated carbocycles. The Morgan fingerprint density at radius 2 is 1.86 bits per heavy atom. The molecule has 0 radical (unpaired) electrons. The Morgan fingerprint density at radius 1 is 1.11 bits per heavy atom. The number of rotatable bonds is 2. The van der Waals surface area contributed by atoms with Gasteiger partial charge < -0.3 is 21.3 Å². The summed E-state index contributed by atoms with van der Waals surface area (Å²) in [6.07, 6.45) is 4.58. The van der Waals surface area contributed by atoms with Crippen molar-refractivity contribution < 1.29 is 0 Å². The molecule has 0 spiro atoms. The Hall–Kier alpha value is -2.70. The quantitative estimate of drug-likeness (QED) is 0.281. The minimum Gasteiger partial charge on any atom is -0.398 e. The monoisotopic (exact) mass is 393 g/mol. The normalized spacial score (nSPS) is 12.1. The fourth-order valence-corrected chi connectivity index (χ4v) is 4.46. The van der Waals surface area contributed by atoms with Gasteiger partial charge in [0.15, 0.2) is 0 Å². The summed E-state index contributed by atoms with van der Waals surface area (Å²) in [4.78, 5) is 4.97. The molecule has 0 aliphatic heterocycles. The van der Waals surface area contributed by atoms with Crippen molar-refractivity contribution >= 4 is 44.6 Å². The Bertz CT molecular complexity index is 1120. The van der Waals surface area contributed by atoms with Crippen LogP contribution in [0.25, 0.3) is 32.4 Å². The fraction of sp³-hybridized carbons (Fsp3) is 0.273. The van der Waals surface area contributed by atoms with Gasteiger partial charge in [0.1, 0.15) is 0 Å². The van der Waals surface area contributed by atoms with E-state index in [0.29, 0.717) is 5.69 Å². The lowest BCUT2D eigenvalue weighted by Gasteiger charge is -2.15. The fourth-order valence-electron chi connectivity index (χ4n) is 3.80. The number of hydrogen-bond acceptors (Lipinski definition) is 5. The van der Waals surface area contributed by atoms with Crippen molar-refractivity contribution in [3.05, 3.63) is 47.0 Å².